The first kappa shape index (κ1) is 23.2. The molecule has 0 aliphatic heterocycles. The highest BCUT2D eigenvalue weighted by Crippen LogP contribution is 2.35. The van der Waals surface area contributed by atoms with Gasteiger partial charge in [0.2, 0.25) is 5.95 Å². The van der Waals surface area contributed by atoms with Crippen LogP contribution in [0.15, 0.2) is 30.7 Å². The van der Waals surface area contributed by atoms with Gasteiger partial charge < -0.3 is 16.4 Å². The van der Waals surface area contributed by atoms with E-state index in [2.05, 4.69) is 25.6 Å². The molecule has 2 aliphatic carbocycles. The third-order valence-corrected chi connectivity index (χ3v) is 7.59. The topological polar surface area (TPSA) is 102 Å². The summed E-state index contributed by atoms with van der Waals surface area (Å²) in [4.78, 5) is 17.8. The quantitative estimate of drug-likeness (QED) is 0.405. The van der Waals surface area contributed by atoms with Gasteiger partial charge in [0.1, 0.15) is 23.2 Å². The molecule has 0 amide bonds. The molecule has 180 valence electrons. The number of hydrogen-bond acceptors (Lipinski definition) is 7. The van der Waals surface area contributed by atoms with Crippen LogP contribution in [-0.4, -0.2) is 32.0 Å². The Morgan fingerprint density at radius 3 is 2.44 bits per heavy atom. The van der Waals surface area contributed by atoms with E-state index in [1.807, 2.05) is 0 Å². The molecule has 1 aromatic carbocycles. The Kier molecular flexibility index (Phi) is 7.06. The van der Waals surface area contributed by atoms with Crippen molar-refractivity contribution < 1.29 is 4.39 Å². The number of hydrogen-bond donors (Lipinski definition) is 3. The summed E-state index contributed by atoms with van der Waals surface area (Å²) < 4.78 is 13.5. The lowest BCUT2D eigenvalue weighted by molar-refractivity contribution is 0.228. The normalized spacial score (nSPS) is 25.3. The van der Waals surface area contributed by atoms with Gasteiger partial charge in [0.05, 0.1) is 11.2 Å². The van der Waals surface area contributed by atoms with Crippen LogP contribution in [0.4, 0.5) is 21.8 Å². The highest BCUT2D eigenvalue weighted by atomic mass is 35.5. The largest absolute Gasteiger partial charge is 0.351 e. The minimum Gasteiger partial charge on any atom is -0.351 e. The van der Waals surface area contributed by atoms with Crippen LogP contribution in [0.3, 0.4) is 0 Å². The number of aromatic nitrogens is 4. The van der Waals surface area contributed by atoms with Gasteiger partial charge in [-0.1, -0.05) is 11.6 Å². The maximum atomic E-state index is 13.5. The molecule has 2 aliphatic rings. The minimum atomic E-state index is -0.466. The molecular formula is C25H31ClFN7. The van der Waals surface area contributed by atoms with Gasteiger partial charge >= 0.3 is 0 Å². The molecule has 0 atom stereocenters. The summed E-state index contributed by atoms with van der Waals surface area (Å²) in [6, 6.07) is 5.23. The minimum absolute atomic E-state index is 0.0445. The van der Waals surface area contributed by atoms with Crippen molar-refractivity contribution in [1.29, 1.82) is 0 Å². The fourth-order valence-electron chi connectivity index (χ4n) is 5.35. The van der Waals surface area contributed by atoms with Crippen LogP contribution in [-0.2, 0) is 0 Å². The molecule has 0 unspecified atom stereocenters. The van der Waals surface area contributed by atoms with Crippen molar-refractivity contribution in [3.05, 3.63) is 41.6 Å². The smallest absolute Gasteiger partial charge is 0.223 e. The maximum absolute atomic E-state index is 13.5. The summed E-state index contributed by atoms with van der Waals surface area (Å²) in [6.45, 7) is 0. The van der Waals surface area contributed by atoms with Crippen molar-refractivity contribution in [1.82, 2.24) is 19.9 Å². The molecule has 4 N–H and O–H groups in total. The number of nitrogens with two attached hydrogens (primary N) is 1. The van der Waals surface area contributed by atoms with Gasteiger partial charge in [-0.05, 0) is 87.8 Å². The van der Waals surface area contributed by atoms with E-state index in [0.29, 0.717) is 40.6 Å². The third kappa shape index (κ3) is 5.55. The monoisotopic (exact) mass is 483 g/mol. The highest BCUT2D eigenvalue weighted by Gasteiger charge is 2.26. The van der Waals surface area contributed by atoms with Gasteiger partial charge in [-0.2, -0.15) is 0 Å². The molecule has 2 aromatic heterocycles. The van der Waals surface area contributed by atoms with Crippen molar-refractivity contribution in [2.24, 2.45) is 17.6 Å². The molecule has 34 heavy (non-hydrogen) atoms. The van der Waals surface area contributed by atoms with E-state index in [1.165, 1.54) is 63.4 Å². The molecule has 0 saturated heterocycles. The summed E-state index contributed by atoms with van der Waals surface area (Å²) in [7, 11) is 0. The first-order chi connectivity index (χ1) is 16.5. The molecule has 3 aromatic rings. The summed E-state index contributed by atoms with van der Waals surface area (Å²) in [6.07, 6.45) is 14.2. The summed E-state index contributed by atoms with van der Waals surface area (Å²) in [5.74, 6) is 2.31. The maximum Gasteiger partial charge on any atom is 0.223 e. The fraction of sp³-hybridized carbons (Fsp3) is 0.520. The number of nitrogens with one attached hydrogen (secondary N) is 2. The van der Waals surface area contributed by atoms with Crippen LogP contribution in [0, 0.1) is 17.7 Å². The third-order valence-electron chi connectivity index (χ3n) is 7.30. The average Bonchev–Trinajstić information content (AvgIpc) is 2.84. The number of anilines is 3. The Bertz CT molecular complexity index is 1130. The van der Waals surface area contributed by atoms with E-state index in [1.54, 1.807) is 12.3 Å². The van der Waals surface area contributed by atoms with Crippen molar-refractivity contribution in [2.75, 3.05) is 10.6 Å². The van der Waals surface area contributed by atoms with Crippen molar-refractivity contribution in [2.45, 2.75) is 69.9 Å². The van der Waals surface area contributed by atoms with Crippen molar-refractivity contribution in [3.63, 3.8) is 0 Å². The standard InChI is InChI=1S/C25H31ClFN7/c26-20-12-19(9-10-21(20)27)32-24-23-22(30-14-31-24)13-29-25(34-23)33-18-7-3-16(4-8-18)11-15-1-5-17(28)6-2-15/h9-10,12-18H,1-8,11,28H2,(H,29,33,34)(H,30,31,32). The van der Waals surface area contributed by atoms with Gasteiger partial charge in [-0.15, -0.1) is 0 Å². The van der Waals surface area contributed by atoms with Gasteiger partial charge in [0.25, 0.3) is 0 Å². The van der Waals surface area contributed by atoms with Crippen LogP contribution in [0.1, 0.15) is 57.8 Å². The molecular weight excluding hydrogens is 453 g/mol. The van der Waals surface area contributed by atoms with E-state index < -0.39 is 5.82 Å². The summed E-state index contributed by atoms with van der Waals surface area (Å²) >= 11 is 5.91. The van der Waals surface area contributed by atoms with Crippen LogP contribution < -0.4 is 16.4 Å². The number of nitrogens with zero attached hydrogens (tertiary/aromatic N) is 4. The Balaban J connectivity index is 1.21. The molecule has 9 heteroatoms. The molecule has 0 bridgehead atoms. The zero-order valence-electron chi connectivity index (χ0n) is 19.2. The SMILES string of the molecule is NC1CCC(CC2CCC(Nc3ncc4ncnc(Nc5ccc(F)c(Cl)c5)c4n3)CC2)CC1. The summed E-state index contributed by atoms with van der Waals surface area (Å²) in [5, 5.41) is 6.73. The number of benzene rings is 1. The first-order valence-electron chi connectivity index (χ1n) is 12.3. The molecule has 0 spiro atoms. The van der Waals surface area contributed by atoms with Crippen molar-refractivity contribution in [3.8, 4) is 0 Å². The van der Waals surface area contributed by atoms with Crippen molar-refractivity contribution >= 4 is 40.1 Å². The van der Waals surface area contributed by atoms with Crippen LogP contribution in [0.5, 0.6) is 0 Å². The second kappa shape index (κ2) is 10.4. The lowest BCUT2D eigenvalue weighted by atomic mass is 9.76. The Hall–Kier alpha value is -2.58. The lowest BCUT2D eigenvalue weighted by Gasteiger charge is -2.33. The van der Waals surface area contributed by atoms with Crippen LogP contribution in [0.2, 0.25) is 5.02 Å². The Morgan fingerprint density at radius 1 is 0.971 bits per heavy atom. The highest BCUT2D eigenvalue weighted by molar-refractivity contribution is 6.31. The number of fused-ring (bicyclic) bond motifs is 1. The summed E-state index contributed by atoms with van der Waals surface area (Å²) in [5.41, 5.74) is 7.92. The van der Waals surface area contributed by atoms with Crippen LogP contribution >= 0.6 is 11.6 Å². The van der Waals surface area contributed by atoms with Gasteiger partial charge in [-0.25, -0.2) is 24.3 Å². The Labute approximate surface area is 204 Å². The molecule has 0 radical (unpaired) electrons. The molecule has 2 heterocycles. The lowest BCUT2D eigenvalue weighted by Crippen LogP contribution is -2.30. The molecule has 5 rings (SSSR count). The molecule has 7 nitrogen and oxygen atoms in total. The second-order valence-electron chi connectivity index (χ2n) is 9.78. The van der Waals surface area contributed by atoms with E-state index in [4.69, 9.17) is 22.3 Å². The van der Waals surface area contributed by atoms with Gasteiger partial charge in [0, 0.05) is 17.8 Å². The van der Waals surface area contributed by atoms with Gasteiger partial charge in [-0.3, -0.25) is 0 Å². The zero-order valence-corrected chi connectivity index (χ0v) is 19.9. The first-order valence-corrected chi connectivity index (χ1v) is 12.6. The predicted octanol–water partition coefficient (Wildman–Crippen LogP) is 5.83. The van der Waals surface area contributed by atoms with E-state index in [-0.39, 0.29) is 5.02 Å². The Morgan fingerprint density at radius 2 is 1.71 bits per heavy atom. The van der Waals surface area contributed by atoms with E-state index in [0.717, 1.165) is 24.7 Å². The molecule has 2 fully saturated rings. The fourth-order valence-corrected chi connectivity index (χ4v) is 5.53. The zero-order chi connectivity index (χ0) is 23.5. The van der Waals surface area contributed by atoms with Crippen LogP contribution in [0.25, 0.3) is 11.0 Å². The predicted molar refractivity (Wildman–Crippen MR) is 134 cm³/mol. The number of rotatable bonds is 6. The number of halogens is 2. The van der Waals surface area contributed by atoms with Gasteiger partial charge in [0.15, 0.2) is 5.82 Å². The van der Waals surface area contributed by atoms with E-state index in [9.17, 15) is 4.39 Å². The second-order valence-corrected chi connectivity index (χ2v) is 10.2. The average molecular weight is 484 g/mol. The van der Waals surface area contributed by atoms with E-state index >= 15 is 0 Å². The molecule has 2 saturated carbocycles.